The first-order valence-corrected chi connectivity index (χ1v) is 8.07. The molecule has 1 aromatic heterocycles. The van der Waals surface area contributed by atoms with Gasteiger partial charge in [0, 0.05) is 10.9 Å². The third-order valence-corrected chi connectivity index (χ3v) is 4.74. The Balaban J connectivity index is 2.93. The van der Waals surface area contributed by atoms with Gasteiger partial charge in [0.1, 0.15) is 0 Å². The Morgan fingerprint density at radius 1 is 1.33 bits per heavy atom. The van der Waals surface area contributed by atoms with Crippen molar-refractivity contribution < 1.29 is 0 Å². The zero-order valence-electron chi connectivity index (χ0n) is 12.3. The Kier molecular flexibility index (Phi) is 6.90. The second-order valence-corrected chi connectivity index (χ2v) is 5.91. The number of hydrogen-bond donors (Lipinski definition) is 1. The molecular formula is C15H28N2S. The molecule has 0 radical (unpaired) electrons. The second-order valence-electron chi connectivity index (χ2n) is 4.97. The number of aryl methyl sites for hydroxylation is 1. The van der Waals surface area contributed by atoms with Crippen LogP contribution in [0.2, 0.25) is 0 Å². The van der Waals surface area contributed by atoms with E-state index in [-0.39, 0.29) is 6.04 Å². The standard InChI is InChI=1S/C15H28N2S/c1-5-8-10-17(7-3)14(13(16)6-2)15-12(4)9-11-18-15/h9,11,13-14H,5-8,10,16H2,1-4H3. The molecule has 1 heterocycles. The summed E-state index contributed by atoms with van der Waals surface area (Å²) >= 11 is 1.86. The van der Waals surface area contributed by atoms with Gasteiger partial charge in [0.05, 0.1) is 6.04 Å². The van der Waals surface area contributed by atoms with Crippen molar-refractivity contribution in [2.45, 2.75) is 59.0 Å². The van der Waals surface area contributed by atoms with Crippen LogP contribution in [0.15, 0.2) is 11.4 Å². The molecule has 0 aliphatic heterocycles. The number of nitrogens with two attached hydrogens (primary N) is 1. The van der Waals surface area contributed by atoms with Crippen molar-refractivity contribution in [3.8, 4) is 0 Å². The zero-order valence-corrected chi connectivity index (χ0v) is 13.1. The Morgan fingerprint density at radius 2 is 2.06 bits per heavy atom. The van der Waals surface area contributed by atoms with E-state index in [4.69, 9.17) is 5.73 Å². The van der Waals surface area contributed by atoms with E-state index in [1.54, 1.807) is 0 Å². The molecule has 1 aromatic rings. The summed E-state index contributed by atoms with van der Waals surface area (Å²) in [6.45, 7) is 11.1. The Bertz CT molecular complexity index is 335. The maximum atomic E-state index is 6.39. The molecular weight excluding hydrogens is 240 g/mol. The molecule has 0 amide bonds. The van der Waals surface area contributed by atoms with Crippen molar-refractivity contribution >= 4 is 11.3 Å². The number of likely N-dealkylation sites (N-methyl/N-ethyl adjacent to an activating group) is 1. The van der Waals surface area contributed by atoms with Crippen LogP contribution in [-0.4, -0.2) is 24.0 Å². The van der Waals surface area contributed by atoms with Crippen LogP contribution in [0, 0.1) is 6.92 Å². The Labute approximate surface area is 116 Å². The summed E-state index contributed by atoms with van der Waals surface area (Å²) in [5.74, 6) is 0. The van der Waals surface area contributed by atoms with E-state index >= 15 is 0 Å². The van der Waals surface area contributed by atoms with E-state index in [9.17, 15) is 0 Å². The van der Waals surface area contributed by atoms with Crippen LogP contribution in [-0.2, 0) is 0 Å². The first kappa shape index (κ1) is 15.7. The minimum absolute atomic E-state index is 0.235. The lowest BCUT2D eigenvalue weighted by molar-refractivity contribution is 0.177. The normalized spacial score (nSPS) is 15.0. The maximum absolute atomic E-state index is 6.39. The topological polar surface area (TPSA) is 29.3 Å². The largest absolute Gasteiger partial charge is 0.326 e. The van der Waals surface area contributed by atoms with E-state index < -0.39 is 0 Å². The van der Waals surface area contributed by atoms with Gasteiger partial charge in [-0.1, -0.05) is 27.2 Å². The predicted molar refractivity (Wildman–Crippen MR) is 82.2 cm³/mol. The van der Waals surface area contributed by atoms with Crippen LogP contribution >= 0.6 is 11.3 Å². The van der Waals surface area contributed by atoms with E-state index in [1.165, 1.54) is 23.3 Å². The Hall–Kier alpha value is -0.380. The molecule has 3 heteroatoms. The van der Waals surface area contributed by atoms with Crippen molar-refractivity contribution in [1.82, 2.24) is 4.90 Å². The highest BCUT2D eigenvalue weighted by atomic mass is 32.1. The highest BCUT2D eigenvalue weighted by Crippen LogP contribution is 2.31. The Morgan fingerprint density at radius 3 is 2.50 bits per heavy atom. The number of rotatable bonds is 8. The lowest BCUT2D eigenvalue weighted by Crippen LogP contribution is -2.41. The van der Waals surface area contributed by atoms with Gasteiger partial charge in [-0.3, -0.25) is 4.90 Å². The van der Waals surface area contributed by atoms with Crippen LogP contribution in [0.5, 0.6) is 0 Å². The molecule has 0 aliphatic carbocycles. The van der Waals surface area contributed by atoms with Gasteiger partial charge in [0.15, 0.2) is 0 Å². The van der Waals surface area contributed by atoms with Crippen LogP contribution in [0.1, 0.15) is 56.5 Å². The molecule has 104 valence electrons. The van der Waals surface area contributed by atoms with Crippen LogP contribution < -0.4 is 5.73 Å². The van der Waals surface area contributed by atoms with Gasteiger partial charge in [-0.05, 0) is 49.9 Å². The summed E-state index contributed by atoms with van der Waals surface area (Å²) in [6.07, 6.45) is 3.53. The number of hydrogen-bond acceptors (Lipinski definition) is 3. The fourth-order valence-electron chi connectivity index (χ4n) is 2.40. The molecule has 2 N–H and O–H groups in total. The van der Waals surface area contributed by atoms with Gasteiger partial charge in [-0.2, -0.15) is 0 Å². The van der Waals surface area contributed by atoms with E-state index in [0.717, 1.165) is 19.5 Å². The fraction of sp³-hybridized carbons (Fsp3) is 0.733. The van der Waals surface area contributed by atoms with E-state index in [2.05, 4.69) is 44.0 Å². The summed E-state index contributed by atoms with van der Waals surface area (Å²) in [4.78, 5) is 4.01. The van der Waals surface area contributed by atoms with E-state index in [1.807, 2.05) is 11.3 Å². The molecule has 0 saturated heterocycles. The van der Waals surface area contributed by atoms with Gasteiger partial charge in [0.2, 0.25) is 0 Å². The second kappa shape index (κ2) is 7.93. The minimum atomic E-state index is 0.235. The molecule has 2 unspecified atom stereocenters. The molecule has 18 heavy (non-hydrogen) atoms. The SMILES string of the molecule is CCCCN(CC)C(c1sccc1C)C(N)CC. The average molecular weight is 268 g/mol. The molecule has 0 aliphatic rings. The van der Waals surface area contributed by atoms with Crippen LogP contribution in [0.4, 0.5) is 0 Å². The number of unbranched alkanes of at least 4 members (excludes halogenated alkanes) is 1. The van der Waals surface area contributed by atoms with Crippen LogP contribution in [0.3, 0.4) is 0 Å². The molecule has 0 fully saturated rings. The summed E-state index contributed by atoms with van der Waals surface area (Å²) in [6, 6.07) is 2.84. The molecule has 2 atom stereocenters. The average Bonchev–Trinajstić information content (AvgIpc) is 2.79. The van der Waals surface area contributed by atoms with Gasteiger partial charge in [-0.25, -0.2) is 0 Å². The summed E-state index contributed by atoms with van der Waals surface area (Å²) in [7, 11) is 0. The molecule has 1 rings (SSSR count). The summed E-state index contributed by atoms with van der Waals surface area (Å²) < 4.78 is 0. The smallest absolute Gasteiger partial charge is 0.0595 e. The molecule has 2 nitrogen and oxygen atoms in total. The first-order chi connectivity index (χ1) is 8.65. The highest BCUT2D eigenvalue weighted by molar-refractivity contribution is 7.10. The monoisotopic (exact) mass is 268 g/mol. The third-order valence-electron chi connectivity index (χ3n) is 3.65. The summed E-state index contributed by atoms with van der Waals surface area (Å²) in [5, 5.41) is 2.19. The van der Waals surface area contributed by atoms with Crippen molar-refractivity contribution in [2.24, 2.45) is 5.73 Å². The number of nitrogens with zero attached hydrogens (tertiary/aromatic N) is 1. The van der Waals surface area contributed by atoms with Gasteiger partial charge in [-0.15, -0.1) is 11.3 Å². The van der Waals surface area contributed by atoms with E-state index in [0.29, 0.717) is 6.04 Å². The molecule has 0 bridgehead atoms. The minimum Gasteiger partial charge on any atom is -0.326 e. The zero-order chi connectivity index (χ0) is 13.5. The molecule has 0 spiro atoms. The van der Waals surface area contributed by atoms with Crippen molar-refractivity contribution in [2.75, 3.05) is 13.1 Å². The predicted octanol–water partition coefficient (Wildman–Crippen LogP) is 3.96. The quantitative estimate of drug-likeness (QED) is 0.773. The fourth-order valence-corrected chi connectivity index (χ4v) is 3.53. The lowest BCUT2D eigenvalue weighted by Gasteiger charge is -2.34. The van der Waals surface area contributed by atoms with Crippen LogP contribution in [0.25, 0.3) is 0 Å². The summed E-state index contributed by atoms with van der Waals surface area (Å²) in [5.41, 5.74) is 7.78. The van der Waals surface area contributed by atoms with Gasteiger partial charge >= 0.3 is 0 Å². The highest BCUT2D eigenvalue weighted by Gasteiger charge is 2.26. The van der Waals surface area contributed by atoms with Crippen molar-refractivity contribution in [1.29, 1.82) is 0 Å². The van der Waals surface area contributed by atoms with Crippen molar-refractivity contribution in [3.05, 3.63) is 21.9 Å². The first-order valence-electron chi connectivity index (χ1n) is 7.19. The van der Waals surface area contributed by atoms with Gasteiger partial charge < -0.3 is 5.73 Å². The lowest BCUT2D eigenvalue weighted by atomic mass is 10.00. The molecule has 0 aromatic carbocycles. The van der Waals surface area contributed by atoms with Gasteiger partial charge in [0.25, 0.3) is 0 Å². The number of thiophene rings is 1. The van der Waals surface area contributed by atoms with Crippen molar-refractivity contribution in [3.63, 3.8) is 0 Å². The maximum Gasteiger partial charge on any atom is 0.0595 e. The third kappa shape index (κ3) is 3.81. The molecule has 0 saturated carbocycles.